The molecule has 1 N–H and O–H groups in total. The number of amides is 1. The molecule has 0 radical (unpaired) electrons. The first kappa shape index (κ1) is 16.1. The van der Waals surface area contributed by atoms with E-state index in [-0.39, 0.29) is 11.8 Å². The molecule has 0 saturated carbocycles. The quantitative estimate of drug-likeness (QED) is 0.592. The maximum Gasteiger partial charge on any atom is 0.232 e. The van der Waals surface area contributed by atoms with E-state index in [0.717, 1.165) is 12.1 Å². The molecular weight excluding hydrogens is 258 g/mol. The van der Waals surface area contributed by atoms with Crippen molar-refractivity contribution in [2.24, 2.45) is 0 Å². The zero-order valence-corrected chi connectivity index (χ0v) is 13.6. The maximum atomic E-state index is 12.1. The van der Waals surface area contributed by atoms with E-state index in [1.54, 1.807) is 0 Å². The minimum Gasteiger partial charge on any atom is -0.325 e. The highest BCUT2D eigenvalue weighted by Crippen LogP contribution is 2.37. The summed E-state index contributed by atoms with van der Waals surface area (Å²) in [6.07, 6.45) is 11.5. The lowest BCUT2D eigenvalue weighted by Crippen LogP contribution is -2.12. The van der Waals surface area contributed by atoms with Crippen LogP contribution in [0.4, 0.5) is 5.69 Å². The first-order chi connectivity index (χ1) is 10.2. The second-order valence-corrected chi connectivity index (χ2v) is 6.34. The van der Waals surface area contributed by atoms with Gasteiger partial charge in [-0.2, -0.15) is 0 Å². The highest BCUT2D eigenvalue weighted by Gasteiger charge is 2.30. The third kappa shape index (κ3) is 4.33. The molecule has 0 fully saturated rings. The van der Waals surface area contributed by atoms with Gasteiger partial charge in [0.2, 0.25) is 5.91 Å². The van der Waals surface area contributed by atoms with Gasteiger partial charge in [-0.25, -0.2) is 0 Å². The molecule has 0 aliphatic carbocycles. The van der Waals surface area contributed by atoms with Crippen LogP contribution in [0.15, 0.2) is 18.2 Å². The molecule has 1 heterocycles. The van der Waals surface area contributed by atoms with Gasteiger partial charge in [-0.15, -0.1) is 0 Å². The fourth-order valence-electron chi connectivity index (χ4n) is 3.27. The zero-order chi connectivity index (χ0) is 15.1. The molecule has 21 heavy (non-hydrogen) atoms. The van der Waals surface area contributed by atoms with Crippen molar-refractivity contribution in [3.8, 4) is 0 Å². The molecule has 116 valence electrons. The normalized spacial score (nSPS) is 16.9. The molecule has 2 rings (SSSR count). The molecule has 0 spiro atoms. The van der Waals surface area contributed by atoms with Crippen LogP contribution in [0, 0.1) is 6.92 Å². The lowest BCUT2D eigenvalue weighted by molar-refractivity contribution is -0.117. The van der Waals surface area contributed by atoms with E-state index >= 15 is 0 Å². The van der Waals surface area contributed by atoms with Gasteiger partial charge in [0.15, 0.2) is 0 Å². The monoisotopic (exact) mass is 287 g/mol. The van der Waals surface area contributed by atoms with Crippen molar-refractivity contribution in [2.75, 3.05) is 5.32 Å². The summed E-state index contributed by atoms with van der Waals surface area (Å²) in [6.45, 7) is 4.32. The SMILES string of the molecule is CCCCCCCCCCC1C(=O)Nc2c(C)cccc21. The van der Waals surface area contributed by atoms with Crippen molar-refractivity contribution in [1.29, 1.82) is 0 Å². The molecule has 0 bridgehead atoms. The molecule has 2 nitrogen and oxygen atoms in total. The lowest BCUT2D eigenvalue weighted by atomic mass is 9.93. The van der Waals surface area contributed by atoms with E-state index in [0.29, 0.717) is 0 Å². The summed E-state index contributed by atoms with van der Waals surface area (Å²) in [4.78, 5) is 12.1. The number of carbonyl (C=O) groups is 1. The molecule has 2 heteroatoms. The number of anilines is 1. The van der Waals surface area contributed by atoms with Crippen LogP contribution in [0.3, 0.4) is 0 Å². The number of hydrogen-bond acceptors (Lipinski definition) is 1. The van der Waals surface area contributed by atoms with Gasteiger partial charge < -0.3 is 5.32 Å². The number of aryl methyl sites for hydroxylation is 1. The Hall–Kier alpha value is -1.31. The average Bonchev–Trinajstić information content (AvgIpc) is 2.80. The van der Waals surface area contributed by atoms with E-state index in [9.17, 15) is 4.79 Å². The predicted octanol–water partition coefficient (Wildman–Crippen LogP) is 5.56. The largest absolute Gasteiger partial charge is 0.325 e. The Morgan fingerprint density at radius 2 is 1.67 bits per heavy atom. The van der Waals surface area contributed by atoms with Crippen molar-refractivity contribution in [3.63, 3.8) is 0 Å². The van der Waals surface area contributed by atoms with Crippen LogP contribution in [0.2, 0.25) is 0 Å². The fourth-order valence-corrected chi connectivity index (χ4v) is 3.27. The van der Waals surface area contributed by atoms with E-state index in [4.69, 9.17) is 0 Å². The van der Waals surface area contributed by atoms with Crippen LogP contribution >= 0.6 is 0 Å². The number of unbranched alkanes of at least 4 members (excludes halogenated alkanes) is 7. The van der Waals surface area contributed by atoms with Gasteiger partial charge in [0.25, 0.3) is 0 Å². The standard InChI is InChI=1S/C19H29NO/c1-3-4-5-6-7-8-9-10-13-17-16-14-11-12-15(2)18(16)20-19(17)21/h11-12,14,17H,3-10,13H2,1-2H3,(H,20,21). The zero-order valence-electron chi connectivity index (χ0n) is 13.6. The highest BCUT2D eigenvalue weighted by molar-refractivity contribution is 6.03. The Labute approximate surface area is 129 Å². The van der Waals surface area contributed by atoms with E-state index in [1.807, 2.05) is 0 Å². The first-order valence-electron chi connectivity index (χ1n) is 8.64. The first-order valence-corrected chi connectivity index (χ1v) is 8.64. The van der Waals surface area contributed by atoms with E-state index in [1.165, 1.54) is 62.5 Å². The predicted molar refractivity (Wildman–Crippen MR) is 89.8 cm³/mol. The summed E-state index contributed by atoms with van der Waals surface area (Å²) in [5, 5.41) is 3.05. The Morgan fingerprint density at radius 1 is 1.00 bits per heavy atom. The van der Waals surface area contributed by atoms with Crippen LogP contribution < -0.4 is 5.32 Å². The van der Waals surface area contributed by atoms with Gasteiger partial charge in [-0.1, -0.05) is 76.5 Å². The van der Waals surface area contributed by atoms with Crippen molar-refractivity contribution in [1.82, 2.24) is 0 Å². The van der Waals surface area contributed by atoms with Crippen LogP contribution in [-0.4, -0.2) is 5.91 Å². The molecular formula is C19H29NO. The van der Waals surface area contributed by atoms with Gasteiger partial charge in [0, 0.05) is 5.69 Å². The molecule has 1 amide bonds. The Morgan fingerprint density at radius 3 is 2.38 bits per heavy atom. The molecule has 1 aliphatic heterocycles. The van der Waals surface area contributed by atoms with Crippen LogP contribution in [-0.2, 0) is 4.79 Å². The summed E-state index contributed by atoms with van der Waals surface area (Å²) >= 11 is 0. The lowest BCUT2D eigenvalue weighted by Gasteiger charge is -2.09. The summed E-state index contributed by atoms with van der Waals surface area (Å²) in [5.41, 5.74) is 3.45. The molecule has 1 aromatic carbocycles. The second-order valence-electron chi connectivity index (χ2n) is 6.34. The Bertz CT molecular complexity index is 467. The van der Waals surface area contributed by atoms with Crippen molar-refractivity contribution < 1.29 is 4.79 Å². The number of rotatable bonds is 9. The summed E-state index contributed by atoms with van der Waals surface area (Å²) < 4.78 is 0. The van der Waals surface area contributed by atoms with Crippen LogP contribution in [0.25, 0.3) is 0 Å². The number of carbonyl (C=O) groups excluding carboxylic acids is 1. The molecule has 1 atom stereocenters. The number of para-hydroxylation sites is 1. The average molecular weight is 287 g/mol. The summed E-state index contributed by atoms with van der Waals surface area (Å²) in [5.74, 6) is 0.280. The smallest absolute Gasteiger partial charge is 0.232 e. The van der Waals surface area contributed by atoms with Gasteiger partial charge >= 0.3 is 0 Å². The fraction of sp³-hybridized carbons (Fsp3) is 0.632. The highest BCUT2D eigenvalue weighted by atomic mass is 16.2. The number of benzene rings is 1. The van der Waals surface area contributed by atoms with Crippen molar-refractivity contribution in [3.05, 3.63) is 29.3 Å². The molecule has 1 aromatic rings. The van der Waals surface area contributed by atoms with E-state index in [2.05, 4.69) is 37.4 Å². The van der Waals surface area contributed by atoms with Crippen molar-refractivity contribution >= 4 is 11.6 Å². The molecule has 0 aromatic heterocycles. The molecule has 1 unspecified atom stereocenters. The minimum absolute atomic E-state index is 0.0833. The van der Waals surface area contributed by atoms with Crippen LogP contribution in [0.5, 0.6) is 0 Å². The van der Waals surface area contributed by atoms with Gasteiger partial charge in [-0.05, 0) is 24.5 Å². The number of nitrogens with one attached hydrogen (secondary N) is 1. The van der Waals surface area contributed by atoms with Crippen LogP contribution in [0.1, 0.15) is 81.8 Å². The number of hydrogen-bond donors (Lipinski definition) is 1. The number of fused-ring (bicyclic) bond motifs is 1. The van der Waals surface area contributed by atoms with Gasteiger partial charge in [0.05, 0.1) is 5.92 Å². The minimum atomic E-state index is 0.0833. The third-order valence-electron chi connectivity index (χ3n) is 4.59. The van der Waals surface area contributed by atoms with Crippen molar-refractivity contribution in [2.45, 2.75) is 77.6 Å². The molecule has 1 aliphatic rings. The Kier molecular flexibility index (Phi) is 6.28. The third-order valence-corrected chi connectivity index (χ3v) is 4.59. The summed E-state index contributed by atoms with van der Waals surface area (Å²) in [7, 11) is 0. The topological polar surface area (TPSA) is 29.1 Å². The van der Waals surface area contributed by atoms with Gasteiger partial charge in [-0.3, -0.25) is 4.79 Å². The Balaban J connectivity index is 1.70. The second kappa shape index (κ2) is 8.21. The molecule has 0 saturated heterocycles. The maximum absolute atomic E-state index is 12.1. The van der Waals surface area contributed by atoms with Gasteiger partial charge in [0.1, 0.15) is 0 Å². The summed E-state index contributed by atoms with van der Waals surface area (Å²) in [6, 6.07) is 6.24. The van der Waals surface area contributed by atoms with E-state index < -0.39 is 0 Å².